The molecule has 36 heavy (non-hydrogen) atoms. The van der Waals surface area contributed by atoms with Gasteiger partial charge in [0.25, 0.3) is 5.91 Å². The summed E-state index contributed by atoms with van der Waals surface area (Å²) in [6, 6.07) is 8.95. The zero-order valence-electron chi connectivity index (χ0n) is 19.8. The van der Waals surface area contributed by atoms with Crippen LogP contribution in [0.1, 0.15) is 58.5 Å². The highest BCUT2D eigenvalue weighted by atomic mass is 19.4. The van der Waals surface area contributed by atoms with Crippen molar-refractivity contribution in [1.82, 2.24) is 20.0 Å². The molecule has 0 bridgehead atoms. The molecule has 1 fully saturated rings. The van der Waals surface area contributed by atoms with E-state index in [0.29, 0.717) is 48.3 Å². The van der Waals surface area contributed by atoms with Crippen LogP contribution in [-0.4, -0.2) is 56.0 Å². The first kappa shape index (κ1) is 23.9. The Morgan fingerprint density at radius 1 is 1.11 bits per heavy atom. The number of amides is 2. The number of nitrogens with zero attached hydrogens (tertiary/aromatic N) is 3. The van der Waals surface area contributed by atoms with Crippen LogP contribution in [0.25, 0.3) is 11.3 Å². The molecular weight excluding hydrogens is 473 g/mol. The Balaban J connectivity index is 1.61. The van der Waals surface area contributed by atoms with Gasteiger partial charge in [-0.1, -0.05) is 23.8 Å². The molecule has 2 aliphatic rings. The summed E-state index contributed by atoms with van der Waals surface area (Å²) in [5, 5.41) is 17.7. The first-order valence-electron chi connectivity index (χ1n) is 11.7. The standard InChI is InChI=1S/C26H25F3N4O3/c1-14-3-8-20(35)19(13-14)22-21-23(31-30-22)25(36)33(18-9-11-32(12-10-18)15(2)34)24(21)16-4-6-17(7-5-16)26(27,28)29/h3-8,13,18,24,35H,9-12H2,1-2H3,(H,30,31)/t24-/m1/s1. The minimum atomic E-state index is -4.48. The quantitative estimate of drug-likeness (QED) is 0.550. The number of hydrogen-bond acceptors (Lipinski definition) is 4. The number of aromatic nitrogens is 2. The van der Waals surface area contributed by atoms with Gasteiger partial charge in [-0.05, 0) is 49.6 Å². The van der Waals surface area contributed by atoms with Crippen molar-refractivity contribution < 1.29 is 27.9 Å². The minimum Gasteiger partial charge on any atom is -0.507 e. The van der Waals surface area contributed by atoms with Crippen molar-refractivity contribution in [2.45, 2.75) is 44.9 Å². The zero-order valence-corrected chi connectivity index (χ0v) is 19.8. The lowest BCUT2D eigenvalue weighted by Crippen LogP contribution is -2.47. The van der Waals surface area contributed by atoms with Gasteiger partial charge in [-0.25, -0.2) is 0 Å². The second kappa shape index (κ2) is 8.69. The number of benzene rings is 2. The molecule has 1 atom stereocenters. The van der Waals surface area contributed by atoms with E-state index in [4.69, 9.17) is 0 Å². The summed E-state index contributed by atoms with van der Waals surface area (Å²) in [6.45, 7) is 4.34. The van der Waals surface area contributed by atoms with Crippen LogP contribution in [-0.2, 0) is 11.0 Å². The van der Waals surface area contributed by atoms with Gasteiger partial charge in [0.15, 0.2) is 5.69 Å². The monoisotopic (exact) mass is 498 g/mol. The lowest BCUT2D eigenvalue weighted by molar-refractivity contribution is -0.137. The first-order valence-corrected chi connectivity index (χ1v) is 11.7. The molecule has 3 aromatic rings. The van der Waals surface area contributed by atoms with E-state index in [0.717, 1.165) is 17.7 Å². The fraction of sp³-hybridized carbons (Fsp3) is 0.346. The second-order valence-corrected chi connectivity index (χ2v) is 9.35. The van der Waals surface area contributed by atoms with Crippen LogP contribution >= 0.6 is 0 Å². The number of aryl methyl sites for hydroxylation is 1. The Labute approximate surface area is 205 Å². The van der Waals surface area contributed by atoms with Crippen molar-refractivity contribution in [2.24, 2.45) is 0 Å². The maximum Gasteiger partial charge on any atom is 0.416 e. The summed E-state index contributed by atoms with van der Waals surface area (Å²) >= 11 is 0. The van der Waals surface area contributed by atoms with Gasteiger partial charge in [0.2, 0.25) is 5.91 Å². The van der Waals surface area contributed by atoms with Gasteiger partial charge in [-0.2, -0.15) is 18.3 Å². The molecule has 0 radical (unpaired) electrons. The van der Waals surface area contributed by atoms with E-state index in [-0.39, 0.29) is 29.3 Å². The number of likely N-dealkylation sites (tertiary alicyclic amines) is 1. The van der Waals surface area contributed by atoms with Crippen LogP contribution in [0.5, 0.6) is 5.75 Å². The smallest absolute Gasteiger partial charge is 0.416 e. The SMILES string of the molecule is CC(=O)N1CCC(N2C(=O)c3n[nH]c(-c4cc(C)ccc4O)c3[C@H]2c2ccc(C(F)(F)F)cc2)CC1. The number of halogens is 3. The van der Waals surface area contributed by atoms with Crippen LogP contribution < -0.4 is 0 Å². The van der Waals surface area contributed by atoms with E-state index in [2.05, 4.69) is 10.2 Å². The first-order chi connectivity index (χ1) is 17.1. The van der Waals surface area contributed by atoms with Crippen molar-refractivity contribution in [3.8, 4) is 17.0 Å². The molecule has 2 N–H and O–H groups in total. The Morgan fingerprint density at radius 2 is 1.78 bits per heavy atom. The van der Waals surface area contributed by atoms with Gasteiger partial charge in [-0.3, -0.25) is 14.7 Å². The average molecular weight is 499 g/mol. The third-order valence-corrected chi connectivity index (χ3v) is 7.07. The van der Waals surface area contributed by atoms with Gasteiger partial charge < -0.3 is 14.9 Å². The molecule has 10 heteroatoms. The van der Waals surface area contributed by atoms with Crippen molar-refractivity contribution in [1.29, 1.82) is 0 Å². The van der Waals surface area contributed by atoms with E-state index in [1.165, 1.54) is 19.1 Å². The Kier molecular flexibility index (Phi) is 5.77. The highest BCUT2D eigenvalue weighted by Gasteiger charge is 2.46. The summed E-state index contributed by atoms with van der Waals surface area (Å²) in [5.41, 5.74) is 2.24. The van der Waals surface area contributed by atoms with Crippen molar-refractivity contribution >= 4 is 11.8 Å². The Bertz CT molecular complexity index is 1330. The molecule has 1 saturated heterocycles. The number of nitrogens with one attached hydrogen (secondary N) is 1. The second-order valence-electron chi connectivity index (χ2n) is 9.35. The molecule has 0 aliphatic carbocycles. The van der Waals surface area contributed by atoms with E-state index in [1.807, 2.05) is 6.92 Å². The molecular formula is C26H25F3N4O3. The number of phenolic OH excluding ortho intramolecular Hbond substituents is 1. The van der Waals surface area contributed by atoms with Crippen molar-refractivity contribution in [3.63, 3.8) is 0 Å². The number of carbonyl (C=O) groups excluding carboxylic acids is 2. The summed E-state index contributed by atoms with van der Waals surface area (Å²) in [5.74, 6) is -0.365. The highest BCUT2D eigenvalue weighted by molar-refractivity contribution is 6.00. The number of alkyl halides is 3. The number of hydrogen-bond donors (Lipinski definition) is 2. The van der Waals surface area contributed by atoms with Crippen molar-refractivity contribution in [2.75, 3.05) is 13.1 Å². The number of aromatic amines is 1. The maximum atomic E-state index is 13.6. The molecule has 7 nitrogen and oxygen atoms in total. The number of rotatable bonds is 3. The molecule has 0 saturated carbocycles. The average Bonchev–Trinajstić information content (AvgIpc) is 3.39. The number of aromatic hydroxyl groups is 1. The molecule has 3 heterocycles. The number of piperidine rings is 1. The molecule has 2 aliphatic heterocycles. The number of H-pyrrole nitrogens is 1. The predicted molar refractivity (Wildman–Crippen MR) is 125 cm³/mol. The zero-order chi connectivity index (χ0) is 25.8. The van der Waals surface area contributed by atoms with Gasteiger partial charge >= 0.3 is 6.18 Å². The molecule has 188 valence electrons. The normalized spacial score (nSPS) is 18.6. The summed E-state index contributed by atoms with van der Waals surface area (Å²) in [4.78, 5) is 28.8. The van der Waals surface area contributed by atoms with Gasteiger partial charge in [-0.15, -0.1) is 0 Å². The van der Waals surface area contributed by atoms with Crippen molar-refractivity contribution in [3.05, 3.63) is 70.4 Å². The molecule has 2 amide bonds. The van der Waals surface area contributed by atoms with E-state index in [9.17, 15) is 27.9 Å². The van der Waals surface area contributed by atoms with Crippen LogP contribution in [0.15, 0.2) is 42.5 Å². The van der Waals surface area contributed by atoms with E-state index >= 15 is 0 Å². The Morgan fingerprint density at radius 3 is 2.39 bits per heavy atom. The third kappa shape index (κ3) is 4.00. The largest absolute Gasteiger partial charge is 0.507 e. The molecule has 1 aromatic heterocycles. The molecule has 0 unspecified atom stereocenters. The van der Waals surface area contributed by atoms with Gasteiger partial charge in [0.1, 0.15) is 5.75 Å². The summed E-state index contributed by atoms with van der Waals surface area (Å²) < 4.78 is 39.7. The number of phenols is 1. The topological polar surface area (TPSA) is 89.5 Å². The fourth-order valence-electron chi connectivity index (χ4n) is 5.23. The maximum absolute atomic E-state index is 13.6. The number of carbonyl (C=O) groups is 2. The lowest BCUT2D eigenvalue weighted by Gasteiger charge is -2.39. The van der Waals surface area contributed by atoms with Crippen LogP contribution in [0.4, 0.5) is 13.2 Å². The van der Waals surface area contributed by atoms with Gasteiger partial charge in [0, 0.05) is 37.2 Å². The summed E-state index contributed by atoms with van der Waals surface area (Å²) in [7, 11) is 0. The van der Waals surface area contributed by atoms with Gasteiger partial charge in [0.05, 0.1) is 17.3 Å². The third-order valence-electron chi connectivity index (χ3n) is 7.07. The highest BCUT2D eigenvalue weighted by Crippen LogP contribution is 2.47. The molecule has 2 aromatic carbocycles. The Hall–Kier alpha value is -3.82. The van der Waals surface area contributed by atoms with Crippen LogP contribution in [0.2, 0.25) is 0 Å². The minimum absolute atomic E-state index is 0.00103. The van der Waals surface area contributed by atoms with E-state index < -0.39 is 17.8 Å². The summed E-state index contributed by atoms with van der Waals surface area (Å²) in [6.07, 6.45) is -3.40. The predicted octanol–water partition coefficient (Wildman–Crippen LogP) is 4.67. The van der Waals surface area contributed by atoms with Crippen LogP contribution in [0, 0.1) is 6.92 Å². The number of fused-ring (bicyclic) bond motifs is 1. The van der Waals surface area contributed by atoms with Crippen LogP contribution in [0.3, 0.4) is 0 Å². The molecule has 5 rings (SSSR count). The molecule has 0 spiro atoms. The lowest BCUT2D eigenvalue weighted by atomic mass is 9.92. The fourth-order valence-corrected chi connectivity index (χ4v) is 5.23. The van der Waals surface area contributed by atoms with E-state index in [1.54, 1.807) is 28.0 Å².